The summed E-state index contributed by atoms with van der Waals surface area (Å²) >= 11 is 1.68. The molecule has 1 unspecified atom stereocenters. The van der Waals surface area contributed by atoms with Gasteiger partial charge in [-0.1, -0.05) is 25.6 Å². The molecule has 1 rings (SSSR count). The summed E-state index contributed by atoms with van der Waals surface area (Å²) < 4.78 is 4.88. The zero-order valence-corrected chi connectivity index (χ0v) is 12.4. The lowest BCUT2D eigenvalue weighted by molar-refractivity contribution is -0.122. The van der Waals surface area contributed by atoms with Crippen LogP contribution in [0, 0.1) is 5.41 Å². The van der Waals surface area contributed by atoms with Gasteiger partial charge in [-0.05, 0) is 12.3 Å². The highest BCUT2D eigenvalue weighted by Gasteiger charge is 2.24. The molecule has 0 aliphatic carbocycles. The number of carbonyl (C=O) groups is 1. The van der Waals surface area contributed by atoms with Crippen molar-refractivity contribution in [2.75, 3.05) is 32.6 Å². The molecular formula is C12H23N3O2S. The Labute approximate surface area is 113 Å². The maximum Gasteiger partial charge on any atom is 0.242 e. The Morgan fingerprint density at radius 2 is 2.33 bits per heavy atom. The smallest absolute Gasteiger partial charge is 0.242 e. The van der Waals surface area contributed by atoms with Crippen molar-refractivity contribution in [3.05, 3.63) is 0 Å². The second kappa shape index (κ2) is 6.99. The number of hydrogen-bond acceptors (Lipinski definition) is 5. The van der Waals surface area contributed by atoms with Crippen molar-refractivity contribution in [1.29, 1.82) is 0 Å². The average molecular weight is 273 g/mol. The van der Waals surface area contributed by atoms with Gasteiger partial charge in [0.05, 0.1) is 6.61 Å². The lowest BCUT2D eigenvalue weighted by atomic mass is 9.97. The SMILES string of the molecule is COCCNC(=O)C(C)NC1=NCC(C)(C)CS1. The van der Waals surface area contributed by atoms with E-state index in [0.29, 0.717) is 13.2 Å². The minimum absolute atomic E-state index is 0.0276. The van der Waals surface area contributed by atoms with Crippen LogP contribution in [0.4, 0.5) is 0 Å². The maximum atomic E-state index is 11.7. The number of amides is 1. The van der Waals surface area contributed by atoms with E-state index in [2.05, 4.69) is 29.5 Å². The summed E-state index contributed by atoms with van der Waals surface area (Å²) in [4.78, 5) is 16.2. The highest BCUT2D eigenvalue weighted by molar-refractivity contribution is 8.13. The predicted molar refractivity (Wildman–Crippen MR) is 76.0 cm³/mol. The van der Waals surface area contributed by atoms with Gasteiger partial charge in [-0.3, -0.25) is 9.79 Å². The zero-order chi connectivity index (χ0) is 13.6. The van der Waals surface area contributed by atoms with Crippen molar-refractivity contribution in [3.8, 4) is 0 Å². The van der Waals surface area contributed by atoms with Crippen molar-refractivity contribution in [2.45, 2.75) is 26.8 Å². The number of aliphatic imine (C=N–C) groups is 1. The minimum atomic E-state index is -0.269. The van der Waals surface area contributed by atoms with Gasteiger partial charge in [-0.25, -0.2) is 0 Å². The molecule has 104 valence electrons. The van der Waals surface area contributed by atoms with Gasteiger partial charge < -0.3 is 15.4 Å². The average Bonchev–Trinajstić information content (AvgIpc) is 2.32. The van der Waals surface area contributed by atoms with Crippen LogP contribution in [-0.2, 0) is 9.53 Å². The maximum absolute atomic E-state index is 11.7. The van der Waals surface area contributed by atoms with Crippen LogP contribution in [0.1, 0.15) is 20.8 Å². The molecule has 0 spiro atoms. The van der Waals surface area contributed by atoms with Crippen LogP contribution in [0.25, 0.3) is 0 Å². The number of hydrogen-bond donors (Lipinski definition) is 2. The largest absolute Gasteiger partial charge is 0.383 e. The van der Waals surface area contributed by atoms with Gasteiger partial charge in [-0.2, -0.15) is 0 Å². The Hall–Kier alpha value is -0.750. The summed E-state index contributed by atoms with van der Waals surface area (Å²) in [6.45, 7) is 8.10. The normalized spacial score (nSPS) is 19.9. The van der Waals surface area contributed by atoms with Crippen LogP contribution in [0.2, 0.25) is 0 Å². The van der Waals surface area contributed by atoms with Crippen LogP contribution in [0.15, 0.2) is 4.99 Å². The third-order valence-electron chi connectivity index (χ3n) is 2.59. The summed E-state index contributed by atoms with van der Waals surface area (Å²) in [6, 6.07) is -0.269. The molecular weight excluding hydrogens is 250 g/mol. The zero-order valence-electron chi connectivity index (χ0n) is 11.6. The van der Waals surface area contributed by atoms with E-state index in [1.165, 1.54) is 0 Å². The summed E-state index contributed by atoms with van der Waals surface area (Å²) in [5.74, 6) is 0.997. The van der Waals surface area contributed by atoms with Crippen molar-refractivity contribution >= 4 is 22.8 Å². The highest BCUT2D eigenvalue weighted by atomic mass is 32.2. The molecule has 0 aromatic heterocycles. The third kappa shape index (κ3) is 5.27. The van der Waals surface area contributed by atoms with Crippen LogP contribution in [0.3, 0.4) is 0 Å². The topological polar surface area (TPSA) is 62.7 Å². The van der Waals surface area contributed by atoms with E-state index in [-0.39, 0.29) is 17.4 Å². The first kappa shape index (κ1) is 15.3. The van der Waals surface area contributed by atoms with Gasteiger partial charge in [0.25, 0.3) is 0 Å². The van der Waals surface area contributed by atoms with E-state index >= 15 is 0 Å². The fourth-order valence-corrected chi connectivity index (χ4v) is 2.44. The Balaban J connectivity index is 2.34. The molecule has 0 saturated carbocycles. The van der Waals surface area contributed by atoms with E-state index in [9.17, 15) is 4.79 Å². The van der Waals surface area contributed by atoms with E-state index in [1.807, 2.05) is 6.92 Å². The van der Waals surface area contributed by atoms with Crippen molar-refractivity contribution in [1.82, 2.24) is 10.6 Å². The Morgan fingerprint density at radius 1 is 1.61 bits per heavy atom. The molecule has 0 bridgehead atoms. The lowest BCUT2D eigenvalue weighted by Crippen LogP contribution is -2.46. The standard InChI is InChI=1S/C12H23N3O2S/c1-9(10(16)13-5-6-17-4)15-11-14-7-12(2,3)8-18-11/h9H,5-8H2,1-4H3,(H,13,16)(H,14,15). The molecule has 0 fully saturated rings. The van der Waals surface area contributed by atoms with Crippen molar-refractivity contribution in [3.63, 3.8) is 0 Å². The molecule has 5 nitrogen and oxygen atoms in total. The number of carbonyl (C=O) groups excluding carboxylic acids is 1. The molecule has 6 heteroatoms. The first-order chi connectivity index (χ1) is 8.44. The van der Waals surface area contributed by atoms with E-state index in [0.717, 1.165) is 17.5 Å². The molecule has 2 N–H and O–H groups in total. The number of rotatable bonds is 5. The molecule has 0 saturated heterocycles. The quantitative estimate of drug-likeness (QED) is 0.729. The van der Waals surface area contributed by atoms with Crippen molar-refractivity contribution in [2.24, 2.45) is 10.4 Å². The van der Waals surface area contributed by atoms with E-state index in [4.69, 9.17) is 4.74 Å². The van der Waals surface area contributed by atoms with Gasteiger partial charge in [0.15, 0.2) is 5.17 Å². The molecule has 1 aliphatic heterocycles. The fourth-order valence-electron chi connectivity index (χ4n) is 1.41. The second-order valence-corrected chi connectivity index (χ2v) is 6.19. The number of nitrogens with one attached hydrogen (secondary N) is 2. The molecule has 1 atom stereocenters. The Kier molecular flexibility index (Phi) is 5.95. The van der Waals surface area contributed by atoms with Gasteiger partial charge in [-0.15, -0.1) is 0 Å². The first-order valence-corrected chi connectivity index (χ1v) is 7.13. The number of thioether (sulfide) groups is 1. The van der Waals surface area contributed by atoms with Gasteiger partial charge in [0, 0.05) is 26.0 Å². The van der Waals surface area contributed by atoms with E-state index < -0.39 is 0 Å². The third-order valence-corrected chi connectivity index (χ3v) is 4.04. The van der Waals surface area contributed by atoms with Crippen LogP contribution in [0.5, 0.6) is 0 Å². The molecule has 18 heavy (non-hydrogen) atoms. The first-order valence-electron chi connectivity index (χ1n) is 6.15. The number of amidine groups is 1. The fraction of sp³-hybridized carbons (Fsp3) is 0.833. The highest BCUT2D eigenvalue weighted by Crippen LogP contribution is 2.27. The Morgan fingerprint density at radius 3 is 2.89 bits per heavy atom. The number of nitrogens with zero attached hydrogens (tertiary/aromatic N) is 1. The van der Waals surface area contributed by atoms with Gasteiger partial charge >= 0.3 is 0 Å². The van der Waals surface area contributed by atoms with Crippen molar-refractivity contribution < 1.29 is 9.53 Å². The van der Waals surface area contributed by atoms with Crippen LogP contribution < -0.4 is 10.6 Å². The van der Waals surface area contributed by atoms with Gasteiger partial charge in [0.1, 0.15) is 6.04 Å². The monoisotopic (exact) mass is 273 g/mol. The Bertz CT molecular complexity index is 318. The molecule has 1 amide bonds. The summed E-state index contributed by atoms with van der Waals surface area (Å²) in [7, 11) is 1.61. The molecule has 0 aromatic rings. The second-order valence-electron chi connectivity index (χ2n) is 5.22. The van der Waals surface area contributed by atoms with Crippen LogP contribution >= 0.6 is 11.8 Å². The lowest BCUT2D eigenvalue weighted by Gasteiger charge is -2.28. The summed E-state index contributed by atoms with van der Waals surface area (Å²) in [6.07, 6.45) is 0. The van der Waals surface area contributed by atoms with Gasteiger partial charge in [0.2, 0.25) is 5.91 Å². The molecule has 0 radical (unpaired) electrons. The molecule has 0 aromatic carbocycles. The molecule has 1 heterocycles. The van der Waals surface area contributed by atoms with Crippen LogP contribution in [-0.4, -0.2) is 49.7 Å². The summed E-state index contributed by atoms with van der Waals surface area (Å²) in [5.41, 5.74) is 0.250. The molecule has 1 aliphatic rings. The minimum Gasteiger partial charge on any atom is -0.383 e. The summed E-state index contributed by atoms with van der Waals surface area (Å²) in [5, 5.41) is 6.81. The predicted octanol–water partition coefficient (Wildman–Crippen LogP) is 0.856. The number of ether oxygens (including phenoxy) is 1. The van der Waals surface area contributed by atoms with E-state index in [1.54, 1.807) is 18.9 Å². The number of methoxy groups -OCH3 is 1.